The maximum absolute atomic E-state index is 11.9. The highest BCUT2D eigenvalue weighted by Gasteiger charge is 2.38. The number of hydrogen-bond acceptors (Lipinski definition) is 2. The number of unbranched alkanes of at least 4 members (excludes halogenated alkanes) is 4. The van der Waals surface area contributed by atoms with Crippen LogP contribution in [0.4, 0.5) is 5.69 Å². The number of aliphatic hydroxyl groups excluding tert-OH is 1. The van der Waals surface area contributed by atoms with Gasteiger partial charge in [0, 0.05) is 5.69 Å². The van der Waals surface area contributed by atoms with Gasteiger partial charge in [0.2, 0.25) is 5.91 Å². The number of aliphatic hydroxyl groups is 1. The van der Waals surface area contributed by atoms with Gasteiger partial charge in [0.1, 0.15) is 0 Å². The predicted molar refractivity (Wildman–Crippen MR) is 86.4 cm³/mol. The van der Waals surface area contributed by atoms with E-state index in [0.717, 1.165) is 29.7 Å². The Morgan fingerprint density at radius 1 is 1.19 bits per heavy atom. The predicted octanol–water partition coefficient (Wildman–Crippen LogP) is 4.31. The highest BCUT2D eigenvalue weighted by molar-refractivity contribution is 6.05. The number of carbonyl (C=O) groups excluding carboxylic acids is 1. The molecule has 21 heavy (non-hydrogen) atoms. The van der Waals surface area contributed by atoms with E-state index in [0.29, 0.717) is 0 Å². The van der Waals surface area contributed by atoms with Gasteiger partial charge in [-0.15, -0.1) is 0 Å². The van der Waals surface area contributed by atoms with E-state index < -0.39 is 11.5 Å². The van der Waals surface area contributed by atoms with E-state index in [1.165, 1.54) is 25.7 Å². The third kappa shape index (κ3) is 3.46. The molecular weight excluding hydrogens is 262 g/mol. The molecule has 1 atom stereocenters. The third-order valence-corrected chi connectivity index (χ3v) is 4.50. The first-order valence-electron chi connectivity index (χ1n) is 8.10. The monoisotopic (exact) mass is 289 g/mol. The van der Waals surface area contributed by atoms with Crippen molar-refractivity contribution in [2.75, 3.05) is 5.32 Å². The number of anilines is 1. The summed E-state index contributed by atoms with van der Waals surface area (Å²) in [5.74, 6) is 0.0312. The number of carbonyl (C=O) groups is 1. The first kappa shape index (κ1) is 16.0. The molecule has 0 aliphatic carbocycles. The molecule has 2 N–H and O–H groups in total. The standard InChI is InChI=1S/C18H27NO2/c1-4-5-6-7-8-9-16(20)13-10-11-15-14(12-13)18(2,3)17(21)19-15/h10-12,16,20H,4-9H2,1-3H3,(H,19,21). The van der Waals surface area contributed by atoms with Crippen molar-refractivity contribution >= 4 is 11.6 Å². The molecule has 2 rings (SSSR count). The fourth-order valence-corrected chi connectivity index (χ4v) is 2.90. The van der Waals surface area contributed by atoms with Gasteiger partial charge in [-0.3, -0.25) is 4.79 Å². The number of amides is 1. The van der Waals surface area contributed by atoms with Crippen LogP contribution >= 0.6 is 0 Å². The van der Waals surface area contributed by atoms with Gasteiger partial charge in [-0.1, -0.05) is 51.2 Å². The molecule has 0 spiro atoms. The molecule has 3 nitrogen and oxygen atoms in total. The SMILES string of the molecule is CCCCCCCC(O)c1ccc2c(c1)C(C)(C)C(=O)N2. The van der Waals surface area contributed by atoms with Crippen molar-refractivity contribution in [1.82, 2.24) is 0 Å². The summed E-state index contributed by atoms with van der Waals surface area (Å²) < 4.78 is 0. The van der Waals surface area contributed by atoms with Crippen molar-refractivity contribution in [2.24, 2.45) is 0 Å². The van der Waals surface area contributed by atoms with E-state index in [2.05, 4.69) is 12.2 Å². The Labute approximate surface area is 127 Å². The van der Waals surface area contributed by atoms with E-state index >= 15 is 0 Å². The maximum Gasteiger partial charge on any atom is 0.234 e. The summed E-state index contributed by atoms with van der Waals surface area (Å²) in [5, 5.41) is 13.2. The normalized spacial score (nSPS) is 17.4. The number of fused-ring (bicyclic) bond motifs is 1. The van der Waals surface area contributed by atoms with E-state index in [1.807, 2.05) is 32.0 Å². The van der Waals surface area contributed by atoms with Gasteiger partial charge >= 0.3 is 0 Å². The molecule has 0 aromatic heterocycles. The van der Waals surface area contributed by atoms with Gasteiger partial charge < -0.3 is 10.4 Å². The van der Waals surface area contributed by atoms with Gasteiger partial charge in [0.25, 0.3) is 0 Å². The summed E-state index contributed by atoms with van der Waals surface area (Å²) >= 11 is 0. The summed E-state index contributed by atoms with van der Waals surface area (Å²) in [6, 6.07) is 5.83. The molecule has 0 radical (unpaired) electrons. The molecule has 1 aromatic rings. The Kier molecular flexibility index (Phi) is 5.04. The van der Waals surface area contributed by atoms with Gasteiger partial charge in [-0.05, 0) is 37.5 Å². The van der Waals surface area contributed by atoms with Crippen LogP contribution in [0.2, 0.25) is 0 Å². The average molecular weight is 289 g/mol. The Morgan fingerprint density at radius 3 is 2.62 bits per heavy atom. The minimum atomic E-state index is -0.508. The smallest absolute Gasteiger partial charge is 0.234 e. The Bertz CT molecular complexity index is 508. The van der Waals surface area contributed by atoms with Crippen molar-refractivity contribution < 1.29 is 9.90 Å². The maximum atomic E-state index is 11.9. The second kappa shape index (κ2) is 6.61. The van der Waals surface area contributed by atoms with Crippen LogP contribution in [-0.4, -0.2) is 11.0 Å². The lowest BCUT2D eigenvalue weighted by molar-refractivity contribution is -0.119. The van der Waals surface area contributed by atoms with Crippen LogP contribution in [-0.2, 0) is 10.2 Å². The summed E-state index contributed by atoms with van der Waals surface area (Å²) in [6.45, 7) is 6.06. The molecule has 1 aromatic carbocycles. The summed E-state index contributed by atoms with van der Waals surface area (Å²) in [6.07, 6.45) is 6.37. The molecule has 1 heterocycles. The minimum absolute atomic E-state index is 0.0312. The van der Waals surface area contributed by atoms with Crippen molar-refractivity contribution in [2.45, 2.75) is 70.8 Å². The van der Waals surface area contributed by atoms with Crippen molar-refractivity contribution in [1.29, 1.82) is 0 Å². The molecule has 1 unspecified atom stereocenters. The van der Waals surface area contributed by atoms with Crippen molar-refractivity contribution in [3.8, 4) is 0 Å². The van der Waals surface area contributed by atoms with E-state index in [4.69, 9.17) is 0 Å². The van der Waals surface area contributed by atoms with Crippen molar-refractivity contribution in [3.05, 3.63) is 29.3 Å². The Morgan fingerprint density at radius 2 is 1.90 bits per heavy atom. The molecule has 0 fully saturated rings. The Balaban J connectivity index is 1.99. The number of nitrogens with one attached hydrogen (secondary N) is 1. The zero-order valence-electron chi connectivity index (χ0n) is 13.4. The van der Waals surface area contributed by atoms with Crippen LogP contribution < -0.4 is 5.32 Å². The zero-order valence-corrected chi connectivity index (χ0v) is 13.4. The molecule has 1 amide bonds. The van der Waals surface area contributed by atoms with Crippen LogP contribution in [0, 0.1) is 0 Å². The largest absolute Gasteiger partial charge is 0.388 e. The van der Waals surface area contributed by atoms with Crippen LogP contribution in [0.25, 0.3) is 0 Å². The Hall–Kier alpha value is -1.35. The van der Waals surface area contributed by atoms with Crippen LogP contribution in [0.5, 0.6) is 0 Å². The molecule has 116 valence electrons. The number of hydrogen-bond donors (Lipinski definition) is 2. The average Bonchev–Trinajstić information content (AvgIpc) is 2.68. The summed E-state index contributed by atoms with van der Waals surface area (Å²) in [5.41, 5.74) is 2.29. The van der Waals surface area contributed by atoms with E-state index in [1.54, 1.807) is 0 Å². The van der Waals surface area contributed by atoms with Crippen LogP contribution in [0.15, 0.2) is 18.2 Å². The minimum Gasteiger partial charge on any atom is -0.388 e. The fraction of sp³-hybridized carbons (Fsp3) is 0.611. The number of rotatable bonds is 7. The molecule has 1 aliphatic rings. The highest BCUT2D eigenvalue weighted by Crippen LogP contribution is 2.39. The lowest BCUT2D eigenvalue weighted by Gasteiger charge is -2.17. The quantitative estimate of drug-likeness (QED) is 0.735. The second-order valence-corrected chi connectivity index (χ2v) is 6.60. The first-order valence-corrected chi connectivity index (χ1v) is 8.10. The van der Waals surface area contributed by atoms with Gasteiger partial charge in [0.15, 0.2) is 0 Å². The lowest BCUT2D eigenvalue weighted by atomic mass is 9.84. The molecule has 3 heteroatoms. The second-order valence-electron chi connectivity index (χ2n) is 6.60. The fourth-order valence-electron chi connectivity index (χ4n) is 2.90. The van der Waals surface area contributed by atoms with E-state index in [9.17, 15) is 9.90 Å². The van der Waals surface area contributed by atoms with Gasteiger partial charge in [-0.2, -0.15) is 0 Å². The van der Waals surface area contributed by atoms with E-state index in [-0.39, 0.29) is 5.91 Å². The number of benzene rings is 1. The summed E-state index contributed by atoms with van der Waals surface area (Å²) in [7, 11) is 0. The zero-order chi connectivity index (χ0) is 15.5. The van der Waals surface area contributed by atoms with Gasteiger partial charge in [0.05, 0.1) is 11.5 Å². The lowest BCUT2D eigenvalue weighted by Crippen LogP contribution is -2.26. The topological polar surface area (TPSA) is 49.3 Å². The molecule has 0 saturated heterocycles. The highest BCUT2D eigenvalue weighted by atomic mass is 16.3. The summed E-state index contributed by atoms with van der Waals surface area (Å²) in [4.78, 5) is 11.9. The molecule has 0 saturated carbocycles. The third-order valence-electron chi connectivity index (χ3n) is 4.50. The molecule has 1 aliphatic heterocycles. The molecular formula is C18H27NO2. The molecule has 0 bridgehead atoms. The van der Waals surface area contributed by atoms with Crippen molar-refractivity contribution in [3.63, 3.8) is 0 Å². The van der Waals surface area contributed by atoms with Crippen LogP contribution in [0.1, 0.15) is 76.5 Å². The first-order chi connectivity index (χ1) is 9.96. The van der Waals surface area contributed by atoms with Crippen LogP contribution in [0.3, 0.4) is 0 Å². The van der Waals surface area contributed by atoms with Gasteiger partial charge in [-0.25, -0.2) is 0 Å².